The Morgan fingerprint density at radius 1 is 1.53 bits per heavy atom. The molecule has 0 unspecified atom stereocenters. The summed E-state index contributed by atoms with van der Waals surface area (Å²) in [6.07, 6.45) is 2.38. The van der Waals surface area contributed by atoms with Crippen LogP contribution in [0.15, 0.2) is 10.5 Å². The van der Waals surface area contributed by atoms with Gasteiger partial charge in [-0.3, -0.25) is 4.79 Å². The van der Waals surface area contributed by atoms with Crippen LogP contribution in [0.1, 0.15) is 29.9 Å². The zero-order chi connectivity index (χ0) is 11.3. The first kappa shape index (κ1) is 12.1. The molecule has 0 fully saturated rings. The quantitative estimate of drug-likeness (QED) is 0.765. The summed E-state index contributed by atoms with van der Waals surface area (Å²) in [4.78, 5) is 10.4. The summed E-state index contributed by atoms with van der Waals surface area (Å²) in [7, 11) is 0. The van der Waals surface area contributed by atoms with Crippen LogP contribution in [-0.2, 0) is 17.6 Å². The third-order valence-corrected chi connectivity index (χ3v) is 2.50. The topological polar surface area (TPSA) is 50.4 Å². The average Bonchev–Trinajstić information content (AvgIpc) is 2.53. The van der Waals surface area contributed by atoms with Gasteiger partial charge in [0.25, 0.3) is 0 Å². The van der Waals surface area contributed by atoms with Gasteiger partial charge in [-0.25, -0.2) is 0 Å². The molecule has 0 amide bonds. The van der Waals surface area contributed by atoms with Crippen LogP contribution in [0, 0.1) is 6.92 Å². The Bertz CT molecular complexity index is 331. The van der Waals surface area contributed by atoms with Crippen molar-refractivity contribution in [2.75, 3.05) is 5.88 Å². The number of alkyl halides is 1. The molecule has 0 aliphatic rings. The Balaban J connectivity index is 2.55. The highest BCUT2D eigenvalue weighted by molar-refractivity contribution is 6.17. The summed E-state index contributed by atoms with van der Waals surface area (Å²) >= 11 is 5.60. The summed E-state index contributed by atoms with van der Waals surface area (Å²) < 4.78 is 5.46. The number of hydrogen-bond acceptors (Lipinski definition) is 2. The third-order valence-electron chi connectivity index (χ3n) is 2.24. The predicted octanol–water partition coefficient (Wildman–Crippen LogP) is 2.78. The number of carboxylic acid groups (broad SMARTS) is 1. The molecule has 0 radical (unpaired) electrons. The van der Waals surface area contributed by atoms with Crippen LogP contribution in [0.4, 0.5) is 0 Å². The second kappa shape index (κ2) is 5.81. The first-order chi connectivity index (χ1) is 7.13. The number of carbonyl (C=O) groups is 1. The molecule has 15 heavy (non-hydrogen) atoms. The van der Waals surface area contributed by atoms with Crippen LogP contribution < -0.4 is 0 Å². The van der Waals surface area contributed by atoms with Gasteiger partial charge in [-0.15, -0.1) is 11.6 Å². The fourth-order valence-electron chi connectivity index (χ4n) is 1.45. The van der Waals surface area contributed by atoms with E-state index in [1.165, 1.54) is 0 Å². The Hall–Kier alpha value is -0.960. The van der Waals surface area contributed by atoms with Gasteiger partial charge in [0.2, 0.25) is 0 Å². The van der Waals surface area contributed by atoms with E-state index in [0.717, 1.165) is 29.9 Å². The normalized spacial score (nSPS) is 10.5. The van der Waals surface area contributed by atoms with Gasteiger partial charge in [0, 0.05) is 12.3 Å². The van der Waals surface area contributed by atoms with Crippen molar-refractivity contribution >= 4 is 17.6 Å². The van der Waals surface area contributed by atoms with E-state index in [0.29, 0.717) is 12.3 Å². The second-order valence-corrected chi connectivity index (χ2v) is 3.86. The largest absolute Gasteiger partial charge is 0.481 e. The van der Waals surface area contributed by atoms with Crippen LogP contribution in [0.5, 0.6) is 0 Å². The smallest absolute Gasteiger partial charge is 0.303 e. The Labute approximate surface area is 94.0 Å². The maximum Gasteiger partial charge on any atom is 0.303 e. The first-order valence-electron chi connectivity index (χ1n) is 4.99. The van der Waals surface area contributed by atoms with E-state index in [2.05, 4.69) is 0 Å². The number of hydrogen-bond donors (Lipinski definition) is 1. The molecule has 0 aliphatic heterocycles. The molecule has 0 bridgehead atoms. The fourth-order valence-corrected chi connectivity index (χ4v) is 1.58. The molecule has 0 saturated heterocycles. The van der Waals surface area contributed by atoms with E-state index in [1.54, 1.807) is 0 Å². The highest BCUT2D eigenvalue weighted by atomic mass is 35.5. The molecule has 0 spiro atoms. The van der Waals surface area contributed by atoms with Gasteiger partial charge in [0.15, 0.2) is 0 Å². The number of aryl methyl sites for hydroxylation is 3. The molecule has 3 nitrogen and oxygen atoms in total. The SMILES string of the molecule is Cc1oc(CCC(=O)O)cc1CCCCl. The molecule has 1 aromatic heterocycles. The zero-order valence-corrected chi connectivity index (χ0v) is 9.51. The monoisotopic (exact) mass is 230 g/mol. The lowest BCUT2D eigenvalue weighted by Gasteiger charge is -1.93. The van der Waals surface area contributed by atoms with Gasteiger partial charge in [0.05, 0.1) is 6.42 Å². The van der Waals surface area contributed by atoms with Gasteiger partial charge in [-0.1, -0.05) is 0 Å². The minimum Gasteiger partial charge on any atom is -0.481 e. The lowest BCUT2D eigenvalue weighted by molar-refractivity contribution is -0.137. The lowest BCUT2D eigenvalue weighted by atomic mass is 10.1. The van der Waals surface area contributed by atoms with E-state index < -0.39 is 5.97 Å². The maximum atomic E-state index is 10.4. The van der Waals surface area contributed by atoms with E-state index in [-0.39, 0.29) is 6.42 Å². The molecular weight excluding hydrogens is 216 g/mol. The molecule has 0 saturated carbocycles. The van der Waals surface area contributed by atoms with Crippen molar-refractivity contribution in [2.45, 2.75) is 32.6 Å². The van der Waals surface area contributed by atoms with Crippen LogP contribution in [0.25, 0.3) is 0 Å². The highest BCUT2D eigenvalue weighted by Gasteiger charge is 2.08. The molecule has 1 aromatic rings. The molecule has 1 heterocycles. The maximum absolute atomic E-state index is 10.4. The van der Waals surface area contributed by atoms with E-state index in [9.17, 15) is 4.79 Å². The van der Waals surface area contributed by atoms with Crippen LogP contribution >= 0.6 is 11.6 Å². The molecular formula is C11H15ClO3. The molecule has 0 atom stereocenters. The van der Waals surface area contributed by atoms with Crippen molar-refractivity contribution in [1.82, 2.24) is 0 Å². The second-order valence-electron chi connectivity index (χ2n) is 3.48. The van der Waals surface area contributed by atoms with Crippen molar-refractivity contribution in [3.8, 4) is 0 Å². The summed E-state index contributed by atoms with van der Waals surface area (Å²) in [5.41, 5.74) is 1.14. The van der Waals surface area contributed by atoms with Crippen molar-refractivity contribution in [1.29, 1.82) is 0 Å². The number of furan rings is 1. The molecule has 1 rings (SSSR count). The van der Waals surface area contributed by atoms with Crippen molar-refractivity contribution in [2.24, 2.45) is 0 Å². The summed E-state index contributed by atoms with van der Waals surface area (Å²) in [6.45, 7) is 1.90. The molecule has 0 aliphatic carbocycles. The average molecular weight is 231 g/mol. The Morgan fingerprint density at radius 3 is 2.87 bits per heavy atom. The van der Waals surface area contributed by atoms with Gasteiger partial charge in [-0.05, 0) is 31.4 Å². The molecule has 84 valence electrons. The van der Waals surface area contributed by atoms with Gasteiger partial charge in [-0.2, -0.15) is 0 Å². The van der Waals surface area contributed by atoms with Crippen LogP contribution in [0.2, 0.25) is 0 Å². The molecule has 0 aromatic carbocycles. The lowest BCUT2D eigenvalue weighted by Crippen LogP contribution is -1.96. The van der Waals surface area contributed by atoms with Crippen molar-refractivity contribution in [3.63, 3.8) is 0 Å². The van der Waals surface area contributed by atoms with E-state index in [4.69, 9.17) is 21.1 Å². The standard InChI is InChI=1S/C11H15ClO3/c1-8-9(3-2-6-12)7-10(15-8)4-5-11(13)14/h7H,2-6H2,1H3,(H,13,14). The summed E-state index contributed by atoms with van der Waals surface area (Å²) in [5, 5.41) is 8.53. The van der Waals surface area contributed by atoms with E-state index >= 15 is 0 Å². The Morgan fingerprint density at radius 2 is 2.27 bits per heavy atom. The van der Waals surface area contributed by atoms with Crippen LogP contribution in [0.3, 0.4) is 0 Å². The molecule has 1 N–H and O–H groups in total. The summed E-state index contributed by atoms with van der Waals surface area (Å²) in [6, 6.07) is 1.94. The number of aliphatic carboxylic acids is 1. The van der Waals surface area contributed by atoms with Crippen molar-refractivity contribution in [3.05, 3.63) is 23.2 Å². The number of carboxylic acids is 1. The van der Waals surface area contributed by atoms with Crippen LogP contribution in [-0.4, -0.2) is 17.0 Å². The van der Waals surface area contributed by atoms with Crippen molar-refractivity contribution < 1.29 is 14.3 Å². The number of halogens is 1. The minimum atomic E-state index is -0.800. The minimum absolute atomic E-state index is 0.113. The van der Waals surface area contributed by atoms with E-state index in [1.807, 2.05) is 13.0 Å². The Kier molecular flexibility index (Phi) is 4.69. The van der Waals surface area contributed by atoms with Gasteiger partial charge >= 0.3 is 5.97 Å². The van der Waals surface area contributed by atoms with Gasteiger partial charge in [0.1, 0.15) is 11.5 Å². The first-order valence-corrected chi connectivity index (χ1v) is 5.53. The zero-order valence-electron chi connectivity index (χ0n) is 8.75. The fraction of sp³-hybridized carbons (Fsp3) is 0.545. The molecule has 4 heteroatoms. The highest BCUT2D eigenvalue weighted by Crippen LogP contribution is 2.17. The summed E-state index contributed by atoms with van der Waals surface area (Å²) in [5.74, 6) is 1.46. The predicted molar refractivity (Wildman–Crippen MR) is 58.4 cm³/mol. The third kappa shape index (κ3) is 3.96. The number of rotatable bonds is 6. The van der Waals surface area contributed by atoms with Gasteiger partial charge < -0.3 is 9.52 Å².